The number of hydrogen-bond donors (Lipinski definition) is 2. The average molecular weight is 428 g/mol. The van der Waals surface area contributed by atoms with Crippen molar-refractivity contribution in [3.05, 3.63) is 44.7 Å². The molecule has 0 amide bonds. The highest BCUT2D eigenvalue weighted by Crippen LogP contribution is 2.28. The molecule has 2 N–H and O–H groups in total. The van der Waals surface area contributed by atoms with Crippen molar-refractivity contribution in [2.45, 2.75) is 19.9 Å². The van der Waals surface area contributed by atoms with E-state index in [0.29, 0.717) is 23.1 Å². The number of benzene rings is 1. The minimum atomic E-state index is -0.474. The van der Waals surface area contributed by atoms with Crippen molar-refractivity contribution in [3.8, 4) is 5.75 Å². The van der Waals surface area contributed by atoms with Crippen LogP contribution in [0.3, 0.4) is 0 Å². The average Bonchev–Trinajstić information content (AvgIpc) is 2.90. The quantitative estimate of drug-likeness (QED) is 0.303. The molecule has 2 rings (SSSR count). The van der Waals surface area contributed by atoms with Crippen LogP contribution in [-0.2, 0) is 6.54 Å². The highest BCUT2D eigenvalue weighted by Gasteiger charge is 2.12. The summed E-state index contributed by atoms with van der Waals surface area (Å²) in [5.74, 6) is 0.357. The van der Waals surface area contributed by atoms with E-state index in [4.69, 9.17) is 17.0 Å². The molecule has 0 unspecified atom stereocenters. The number of halogens is 1. The van der Waals surface area contributed by atoms with E-state index in [2.05, 4.69) is 31.7 Å². The molecule has 0 atom stereocenters. The number of nitrogens with zero attached hydrogens (tertiary/aromatic N) is 3. The van der Waals surface area contributed by atoms with Gasteiger partial charge in [0.1, 0.15) is 5.75 Å². The first-order chi connectivity index (χ1) is 11.9. The molecule has 1 aromatic carbocycles. The van der Waals surface area contributed by atoms with E-state index >= 15 is 0 Å². The molecule has 0 saturated carbocycles. The maximum Gasteiger partial charge on any atom is 0.273 e. The summed E-state index contributed by atoms with van der Waals surface area (Å²) in [7, 11) is 1.45. The third-order valence-corrected chi connectivity index (χ3v) is 4.41. The molecule has 0 aliphatic carbocycles. The van der Waals surface area contributed by atoms with Gasteiger partial charge in [0.05, 0.1) is 34.0 Å². The van der Waals surface area contributed by atoms with Gasteiger partial charge in [0.25, 0.3) is 5.69 Å². The normalized spacial score (nSPS) is 10.4. The molecule has 0 radical (unpaired) electrons. The second-order valence-corrected chi connectivity index (χ2v) is 6.46. The number of nitrogens with one attached hydrogen (secondary N) is 2. The van der Waals surface area contributed by atoms with Crippen molar-refractivity contribution in [2.75, 3.05) is 19.0 Å². The molecule has 0 aliphatic heterocycles. The van der Waals surface area contributed by atoms with Crippen LogP contribution in [0.5, 0.6) is 5.75 Å². The largest absolute Gasteiger partial charge is 0.494 e. The Morgan fingerprint density at radius 3 is 2.88 bits per heavy atom. The van der Waals surface area contributed by atoms with E-state index in [1.54, 1.807) is 6.07 Å². The van der Waals surface area contributed by atoms with Crippen LogP contribution in [0.4, 0.5) is 11.4 Å². The number of nitro groups is 1. The maximum atomic E-state index is 10.8. The number of thiocarbonyl (C=S) groups is 1. The van der Waals surface area contributed by atoms with Gasteiger partial charge in [-0.05, 0) is 47.6 Å². The van der Waals surface area contributed by atoms with Gasteiger partial charge in [0.15, 0.2) is 5.11 Å². The van der Waals surface area contributed by atoms with E-state index in [9.17, 15) is 10.1 Å². The van der Waals surface area contributed by atoms with Crippen LogP contribution in [0.15, 0.2) is 28.9 Å². The van der Waals surface area contributed by atoms with Crippen LogP contribution in [-0.4, -0.2) is 33.5 Å². The number of aryl methyl sites for hydroxylation is 2. The maximum absolute atomic E-state index is 10.8. The van der Waals surface area contributed by atoms with Gasteiger partial charge in [-0.25, -0.2) is 0 Å². The smallest absolute Gasteiger partial charge is 0.273 e. The third kappa shape index (κ3) is 5.40. The number of nitro benzene ring substituents is 1. The summed E-state index contributed by atoms with van der Waals surface area (Å²) in [4.78, 5) is 10.3. The molecule has 134 valence electrons. The first-order valence-electron chi connectivity index (χ1n) is 7.47. The van der Waals surface area contributed by atoms with Gasteiger partial charge in [0.2, 0.25) is 0 Å². The van der Waals surface area contributed by atoms with E-state index in [-0.39, 0.29) is 5.69 Å². The summed E-state index contributed by atoms with van der Waals surface area (Å²) in [6, 6.07) is 4.31. The van der Waals surface area contributed by atoms with Crippen molar-refractivity contribution in [1.82, 2.24) is 15.1 Å². The Bertz CT molecular complexity index is 761. The molecular weight excluding hydrogens is 410 g/mol. The SMILES string of the molecule is COc1cc([N+](=O)[O-])ccc1NC(=S)NCCCn1cc(Br)c(C)n1. The Balaban J connectivity index is 1.82. The number of ether oxygens (including phenoxy) is 1. The van der Waals surface area contributed by atoms with E-state index in [0.717, 1.165) is 23.1 Å². The summed E-state index contributed by atoms with van der Waals surface area (Å²) in [6.07, 6.45) is 2.78. The minimum absolute atomic E-state index is 0.0399. The van der Waals surface area contributed by atoms with Gasteiger partial charge in [-0.1, -0.05) is 0 Å². The molecular formula is C15H18BrN5O3S. The third-order valence-electron chi connectivity index (χ3n) is 3.38. The zero-order valence-corrected chi connectivity index (χ0v) is 16.2. The molecule has 25 heavy (non-hydrogen) atoms. The number of methoxy groups -OCH3 is 1. The van der Waals surface area contributed by atoms with Gasteiger partial charge in [-0.3, -0.25) is 14.8 Å². The minimum Gasteiger partial charge on any atom is -0.494 e. The molecule has 0 saturated heterocycles. The van der Waals surface area contributed by atoms with Crippen molar-refractivity contribution >= 4 is 44.6 Å². The molecule has 0 aliphatic rings. The monoisotopic (exact) mass is 427 g/mol. The fraction of sp³-hybridized carbons (Fsp3) is 0.333. The Kier molecular flexibility index (Phi) is 6.71. The number of anilines is 1. The summed E-state index contributed by atoms with van der Waals surface area (Å²) in [5, 5.41) is 21.7. The van der Waals surface area contributed by atoms with Crippen LogP contribution in [0, 0.1) is 17.0 Å². The lowest BCUT2D eigenvalue weighted by Crippen LogP contribution is -2.30. The molecule has 1 aromatic heterocycles. The first kappa shape index (κ1) is 19.1. The molecule has 0 spiro atoms. The van der Waals surface area contributed by atoms with Gasteiger partial charge in [0, 0.05) is 25.4 Å². The van der Waals surface area contributed by atoms with E-state index in [1.807, 2.05) is 17.8 Å². The molecule has 0 fully saturated rings. The fourth-order valence-corrected chi connectivity index (χ4v) is 2.64. The molecule has 1 heterocycles. The standard InChI is InChI=1S/C15H18BrN5O3S/c1-10-12(16)9-20(19-10)7-3-6-17-15(25)18-13-5-4-11(21(22)23)8-14(13)24-2/h4-5,8-9H,3,6-7H2,1-2H3,(H2,17,18,25). The highest BCUT2D eigenvalue weighted by molar-refractivity contribution is 9.10. The van der Waals surface area contributed by atoms with E-state index in [1.165, 1.54) is 19.2 Å². The Labute approximate surface area is 158 Å². The van der Waals surface area contributed by atoms with Gasteiger partial charge >= 0.3 is 0 Å². The van der Waals surface area contributed by atoms with Crippen LogP contribution in [0.25, 0.3) is 0 Å². The topological polar surface area (TPSA) is 94.3 Å². The molecule has 10 heteroatoms. The predicted molar refractivity (Wildman–Crippen MR) is 103 cm³/mol. The summed E-state index contributed by atoms with van der Waals surface area (Å²) in [6.45, 7) is 3.37. The first-order valence-corrected chi connectivity index (χ1v) is 8.67. The van der Waals surface area contributed by atoms with Gasteiger partial charge in [-0.15, -0.1) is 0 Å². The summed E-state index contributed by atoms with van der Waals surface area (Å²) < 4.78 is 8.02. The second-order valence-electron chi connectivity index (χ2n) is 5.20. The highest BCUT2D eigenvalue weighted by atomic mass is 79.9. The molecule has 0 bridgehead atoms. The lowest BCUT2D eigenvalue weighted by Gasteiger charge is -2.13. The van der Waals surface area contributed by atoms with Crippen molar-refractivity contribution < 1.29 is 9.66 Å². The van der Waals surface area contributed by atoms with Crippen LogP contribution >= 0.6 is 28.1 Å². The zero-order valence-electron chi connectivity index (χ0n) is 13.8. The predicted octanol–water partition coefficient (Wildman–Crippen LogP) is 3.25. The molecule has 8 nitrogen and oxygen atoms in total. The van der Waals surface area contributed by atoms with Crippen LogP contribution < -0.4 is 15.4 Å². The fourth-order valence-electron chi connectivity index (χ4n) is 2.11. The number of non-ortho nitro benzene ring substituents is 1. The van der Waals surface area contributed by atoms with Crippen molar-refractivity contribution in [1.29, 1.82) is 0 Å². The molecule has 2 aromatic rings. The number of hydrogen-bond acceptors (Lipinski definition) is 5. The van der Waals surface area contributed by atoms with Crippen LogP contribution in [0.1, 0.15) is 12.1 Å². The van der Waals surface area contributed by atoms with E-state index < -0.39 is 4.92 Å². The van der Waals surface area contributed by atoms with Crippen molar-refractivity contribution in [3.63, 3.8) is 0 Å². The van der Waals surface area contributed by atoms with Crippen LogP contribution in [0.2, 0.25) is 0 Å². The summed E-state index contributed by atoms with van der Waals surface area (Å²) in [5.41, 5.74) is 1.48. The number of rotatable bonds is 7. The summed E-state index contributed by atoms with van der Waals surface area (Å²) >= 11 is 8.67. The lowest BCUT2D eigenvalue weighted by molar-refractivity contribution is -0.384. The second kappa shape index (κ2) is 8.77. The van der Waals surface area contributed by atoms with Gasteiger partial charge in [-0.2, -0.15) is 5.10 Å². The van der Waals surface area contributed by atoms with Crippen molar-refractivity contribution in [2.24, 2.45) is 0 Å². The Morgan fingerprint density at radius 2 is 2.28 bits per heavy atom. The Morgan fingerprint density at radius 1 is 1.52 bits per heavy atom. The zero-order chi connectivity index (χ0) is 18.4. The van der Waals surface area contributed by atoms with Gasteiger partial charge < -0.3 is 15.4 Å². The lowest BCUT2D eigenvalue weighted by atomic mass is 10.2. The Hall–Kier alpha value is -2.20. The number of aromatic nitrogens is 2.